The molecule has 0 heterocycles. The first-order valence-corrected chi connectivity index (χ1v) is 7.53. The van der Waals surface area contributed by atoms with Gasteiger partial charge in [0.25, 0.3) is 0 Å². The van der Waals surface area contributed by atoms with Crippen LogP contribution in [0.25, 0.3) is 0 Å². The molecule has 116 valence electrons. The summed E-state index contributed by atoms with van der Waals surface area (Å²) < 4.78 is 13.1. The number of amides is 1. The van der Waals surface area contributed by atoms with E-state index in [4.69, 9.17) is 0 Å². The number of carbonyl (C=O) groups is 1. The molecule has 0 aromatic heterocycles. The van der Waals surface area contributed by atoms with Crippen LogP contribution in [0.15, 0.2) is 24.3 Å². The van der Waals surface area contributed by atoms with Gasteiger partial charge in [0.05, 0.1) is 18.1 Å². The fraction of sp³-hybridized carbons (Fsp3) is 0.588. The SMILES string of the molecule is CC(C)(C)C(NC(=O)C1CCCC1O)c1ccc(F)cc1. The molecule has 2 N–H and O–H groups in total. The number of benzene rings is 1. The van der Waals surface area contributed by atoms with Gasteiger partial charge in [-0.05, 0) is 42.4 Å². The topological polar surface area (TPSA) is 49.3 Å². The molecule has 1 saturated carbocycles. The maximum atomic E-state index is 13.1. The predicted octanol–water partition coefficient (Wildman–Crippen LogP) is 3.19. The quantitative estimate of drug-likeness (QED) is 0.899. The molecule has 3 unspecified atom stereocenters. The molecule has 3 atom stereocenters. The second-order valence-corrected chi connectivity index (χ2v) is 6.96. The Morgan fingerprint density at radius 2 is 1.90 bits per heavy atom. The molecule has 1 aromatic rings. The molecule has 1 aliphatic rings. The van der Waals surface area contributed by atoms with Gasteiger partial charge in [-0.25, -0.2) is 4.39 Å². The second kappa shape index (κ2) is 6.14. The van der Waals surface area contributed by atoms with Crippen LogP contribution in [0.5, 0.6) is 0 Å². The monoisotopic (exact) mass is 293 g/mol. The number of rotatable bonds is 3. The Labute approximate surface area is 125 Å². The maximum Gasteiger partial charge on any atom is 0.226 e. The molecule has 1 amide bonds. The molecule has 2 rings (SSSR count). The van der Waals surface area contributed by atoms with E-state index < -0.39 is 6.10 Å². The smallest absolute Gasteiger partial charge is 0.226 e. The Bertz CT molecular complexity index is 493. The highest BCUT2D eigenvalue weighted by Crippen LogP contribution is 2.34. The molecule has 1 aliphatic carbocycles. The summed E-state index contributed by atoms with van der Waals surface area (Å²) in [6, 6.07) is 6.01. The summed E-state index contributed by atoms with van der Waals surface area (Å²) in [5, 5.41) is 12.9. The lowest BCUT2D eigenvalue weighted by atomic mass is 9.82. The number of nitrogens with one attached hydrogen (secondary N) is 1. The largest absolute Gasteiger partial charge is 0.392 e. The van der Waals surface area contributed by atoms with Crippen LogP contribution in [-0.4, -0.2) is 17.1 Å². The fourth-order valence-corrected chi connectivity index (χ4v) is 2.95. The number of hydrogen-bond acceptors (Lipinski definition) is 2. The van der Waals surface area contributed by atoms with Crippen molar-refractivity contribution in [2.45, 2.75) is 52.2 Å². The third-order valence-corrected chi connectivity index (χ3v) is 4.17. The summed E-state index contributed by atoms with van der Waals surface area (Å²) in [6.07, 6.45) is 1.76. The number of carbonyl (C=O) groups excluding carboxylic acids is 1. The Hall–Kier alpha value is -1.42. The van der Waals surface area contributed by atoms with Crippen molar-refractivity contribution in [2.75, 3.05) is 0 Å². The molecular weight excluding hydrogens is 269 g/mol. The van der Waals surface area contributed by atoms with Crippen LogP contribution in [0.3, 0.4) is 0 Å². The van der Waals surface area contributed by atoms with Gasteiger partial charge >= 0.3 is 0 Å². The van der Waals surface area contributed by atoms with Gasteiger partial charge in [0.2, 0.25) is 5.91 Å². The molecule has 0 spiro atoms. The van der Waals surface area contributed by atoms with Crippen molar-refractivity contribution >= 4 is 5.91 Å². The standard InChI is InChI=1S/C17H24FNO2/c1-17(2,3)15(11-7-9-12(18)10-8-11)19-16(21)13-5-4-6-14(13)20/h7-10,13-15,20H,4-6H2,1-3H3,(H,19,21). The molecule has 0 aliphatic heterocycles. The van der Waals surface area contributed by atoms with E-state index in [0.717, 1.165) is 18.4 Å². The molecular formula is C17H24FNO2. The van der Waals surface area contributed by atoms with Crippen LogP contribution in [0.2, 0.25) is 0 Å². The first-order valence-electron chi connectivity index (χ1n) is 7.53. The van der Waals surface area contributed by atoms with E-state index in [1.807, 2.05) is 20.8 Å². The van der Waals surface area contributed by atoms with Crippen molar-refractivity contribution < 1.29 is 14.3 Å². The summed E-state index contributed by atoms with van der Waals surface area (Å²) in [4.78, 5) is 12.4. The lowest BCUT2D eigenvalue weighted by Crippen LogP contribution is -2.41. The molecule has 0 bridgehead atoms. The van der Waals surface area contributed by atoms with E-state index in [-0.39, 0.29) is 29.1 Å². The minimum Gasteiger partial charge on any atom is -0.392 e. The highest BCUT2D eigenvalue weighted by atomic mass is 19.1. The van der Waals surface area contributed by atoms with E-state index in [1.54, 1.807) is 12.1 Å². The summed E-state index contributed by atoms with van der Waals surface area (Å²) >= 11 is 0. The zero-order valence-electron chi connectivity index (χ0n) is 12.9. The van der Waals surface area contributed by atoms with Crippen LogP contribution in [0.1, 0.15) is 51.6 Å². The Morgan fingerprint density at radius 1 is 1.29 bits per heavy atom. The van der Waals surface area contributed by atoms with E-state index in [2.05, 4.69) is 5.32 Å². The van der Waals surface area contributed by atoms with Gasteiger partial charge in [0, 0.05) is 0 Å². The third-order valence-electron chi connectivity index (χ3n) is 4.17. The van der Waals surface area contributed by atoms with Crippen molar-refractivity contribution in [3.05, 3.63) is 35.6 Å². The minimum atomic E-state index is -0.543. The van der Waals surface area contributed by atoms with E-state index in [1.165, 1.54) is 12.1 Å². The van der Waals surface area contributed by atoms with E-state index in [0.29, 0.717) is 6.42 Å². The molecule has 3 nitrogen and oxygen atoms in total. The lowest BCUT2D eigenvalue weighted by Gasteiger charge is -2.33. The molecule has 21 heavy (non-hydrogen) atoms. The minimum absolute atomic E-state index is 0.107. The number of aliphatic hydroxyl groups excluding tert-OH is 1. The highest BCUT2D eigenvalue weighted by Gasteiger charge is 2.35. The normalized spacial score (nSPS) is 23.9. The van der Waals surface area contributed by atoms with Gasteiger partial charge in [0.15, 0.2) is 0 Å². The Balaban J connectivity index is 2.17. The number of hydrogen-bond donors (Lipinski definition) is 2. The van der Waals surface area contributed by atoms with E-state index in [9.17, 15) is 14.3 Å². The van der Waals surface area contributed by atoms with Gasteiger partial charge in [-0.15, -0.1) is 0 Å². The number of halogens is 1. The van der Waals surface area contributed by atoms with Crippen molar-refractivity contribution in [1.29, 1.82) is 0 Å². The van der Waals surface area contributed by atoms with Crippen molar-refractivity contribution in [3.8, 4) is 0 Å². The van der Waals surface area contributed by atoms with Crippen LogP contribution in [0.4, 0.5) is 4.39 Å². The maximum absolute atomic E-state index is 13.1. The lowest BCUT2D eigenvalue weighted by molar-refractivity contribution is -0.129. The van der Waals surface area contributed by atoms with Gasteiger partial charge in [-0.3, -0.25) is 4.79 Å². The van der Waals surface area contributed by atoms with E-state index >= 15 is 0 Å². The van der Waals surface area contributed by atoms with Crippen molar-refractivity contribution in [1.82, 2.24) is 5.32 Å². The van der Waals surface area contributed by atoms with Crippen molar-refractivity contribution in [3.63, 3.8) is 0 Å². The van der Waals surface area contributed by atoms with Crippen LogP contribution >= 0.6 is 0 Å². The van der Waals surface area contributed by atoms with Crippen LogP contribution < -0.4 is 5.32 Å². The van der Waals surface area contributed by atoms with Gasteiger partial charge in [-0.1, -0.05) is 32.9 Å². The third kappa shape index (κ3) is 3.82. The highest BCUT2D eigenvalue weighted by molar-refractivity contribution is 5.80. The van der Waals surface area contributed by atoms with Crippen LogP contribution in [-0.2, 0) is 4.79 Å². The first kappa shape index (κ1) is 16.0. The Kier molecular flexibility index (Phi) is 4.67. The number of aliphatic hydroxyl groups is 1. The molecule has 1 fully saturated rings. The van der Waals surface area contributed by atoms with Gasteiger partial charge in [0.1, 0.15) is 5.82 Å². The second-order valence-electron chi connectivity index (χ2n) is 6.96. The Morgan fingerprint density at radius 3 is 2.38 bits per heavy atom. The van der Waals surface area contributed by atoms with Gasteiger partial charge < -0.3 is 10.4 Å². The molecule has 0 radical (unpaired) electrons. The summed E-state index contributed by atoms with van der Waals surface area (Å²) in [7, 11) is 0. The van der Waals surface area contributed by atoms with Crippen molar-refractivity contribution in [2.24, 2.45) is 11.3 Å². The summed E-state index contributed by atoms with van der Waals surface area (Å²) in [6.45, 7) is 6.10. The van der Waals surface area contributed by atoms with Crippen LogP contribution in [0, 0.1) is 17.2 Å². The van der Waals surface area contributed by atoms with Gasteiger partial charge in [-0.2, -0.15) is 0 Å². The zero-order chi connectivity index (χ0) is 15.6. The fourth-order valence-electron chi connectivity index (χ4n) is 2.95. The molecule has 4 heteroatoms. The zero-order valence-corrected chi connectivity index (χ0v) is 12.9. The molecule has 1 aromatic carbocycles. The average Bonchev–Trinajstić information content (AvgIpc) is 2.82. The summed E-state index contributed by atoms with van der Waals surface area (Å²) in [5.74, 6) is -0.719. The first-order chi connectivity index (χ1) is 9.79. The average molecular weight is 293 g/mol. The predicted molar refractivity (Wildman–Crippen MR) is 80.1 cm³/mol. The molecule has 0 saturated heterocycles. The summed E-state index contributed by atoms with van der Waals surface area (Å²) in [5.41, 5.74) is 0.682.